The van der Waals surface area contributed by atoms with Crippen molar-refractivity contribution in [1.29, 1.82) is 0 Å². The maximum atomic E-state index is 5.88. The highest BCUT2D eigenvalue weighted by atomic mass is 16.5. The molecular formula is C14H20N2O. The average Bonchev–Trinajstić information content (AvgIpc) is 2.69. The second-order valence-corrected chi connectivity index (χ2v) is 5.03. The van der Waals surface area contributed by atoms with Gasteiger partial charge in [-0.1, -0.05) is 18.2 Å². The molecule has 2 fully saturated rings. The van der Waals surface area contributed by atoms with E-state index in [9.17, 15) is 0 Å². The Balaban J connectivity index is 1.83. The third-order valence-electron chi connectivity index (χ3n) is 3.79. The quantitative estimate of drug-likeness (QED) is 0.859. The van der Waals surface area contributed by atoms with Crippen molar-refractivity contribution in [3.63, 3.8) is 0 Å². The lowest BCUT2D eigenvalue weighted by atomic mass is 10.1. The van der Waals surface area contributed by atoms with Crippen LogP contribution in [0.4, 0.5) is 5.69 Å². The van der Waals surface area contributed by atoms with Gasteiger partial charge < -0.3 is 15.4 Å². The van der Waals surface area contributed by atoms with E-state index in [1.165, 1.54) is 24.1 Å². The zero-order chi connectivity index (χ0) is 11.7. The molecule has 1 aromatic rings. The number of anilines is 1. The van der Waals surface area contributed by atoms with Crippen molar-refractivity contribution in [1.82, 2.24) is 0 Å². The number of morpholine rings is 1. The first-order chi connectivity index (χ1) is 8.36. The maximum Gasteiger partial charge on any atom is 0.0755 e. The fourth-order valence-electron chi connectivity index (χ4n) is 3.00. The lowest BCUT2D eigenvalue weighted by Crippen LogP contribution is -2.43. The number of nitrogens with two attached hydrogens (primary N) is 1. The fourth-order valence-corrected chi connectivity index (χ4v) is 3.00. The van der Waals surface area contributed by atoms with E-state index in [-0.39, 0.29) is 0 Å². The Morgan fingerprint density at radius 3 is 2.59 bits per heavy atom. The van der Waals surface area contributed by atoms with E-state index in [2.05, 4.69) is 29.2 Å². The van der Waals surface area contributed by atoms with Gasteiger partial charge in [0.1, 0.15) is 0 Å². The van der Waals surface area contributed by atoms with Crippen LogP contribution >= 0.6 is 0 Å². The molecule has 2 unspecified atom stereocenters. The molecule has 2 bridgehead atoms. The normalized spacial score (nSPS) is 27.5. The minimum Gasteiger partial charge on any atom is -0.371 e. The van der Waals surface area contributed by atoms with E-state index in [0.717, 1.165) is 19.5 Å². The van der Waals surface area contributed by atoms with Gasteiger partial charge in [-0.3, -0.25) is 0 Å². The molecule has 3 rings (SSSR count). The number of para-hydroxylation sites is 1. The number of benzene rings is 1. The molecule has 0 aromatic heterocycles. The number of nitrogens with zero attached hydrogens (tertiary/aromatic N) is 1. The van der Waals surface area contributed by atoms with Crippen molar-refractivity contribution in [2.24, 2.45) is 5.73 Å². The van der Waals surface area contributed by atoms with Gasteiger partial charge in [0.05, 0.1) is 12.2 Å². The molecule has 17 heavy (non-hydrogen) atoms. The molecule has 3 heteroatoms. The summed E-state index contributed by atoms with van der Waals surface area (Å²) in [6.45, 7) is 2.80. The van der Waals surface area contributed by atoms with Crippen LogP contribution in [0.3, 0.4) is 0 Å². The summed E-state index contributed by atoms with van der Waals surface area (Å²) in [6.07, 6.45) is 4.29. The van der Waals surface area contributed by atoms with E-state index in [1.807, 2.05) is 0 Å². The molecule has 1 aromatic carbocycles. The van der Waals surface area contributed by atoms with E-state index < -0.39 is 0 Å². The van der Waals surface area contributed by atoms with Crippen LogP contribution in [-0.4, -0.2) is 31.8 Å². The highest BCUT2D eigenvalue weighted by Crippen LogP contribution is 2.31. The van der Waals surface area contributed by atoms with Crippen LogP contribution in [0.25, 0.3) is 0 Å². The number of ether oxygens (including phenoxy) is 1. The smallest absolute Gasteiger partial charge is 0.0755 e. The van der Waals surface area contributed by atoms with Gasteiger partial charge in [0.2, 0.25) is 0 Å². The highest BCUT2D eigenvalue weighted by molar-refractivity contribution is 5.54. The summed E-state index contributed by atoms with van der Waals surface area (Å²) in [7, 11) is 0. The van der Waals surface area contributed by atoms with Crippen LogP contribution in [-0.2, 0) is 11.2 Å². The molecule has 2 saturated heterocycles. The van der Waals surface area contributed by atoms with Crippen LogP contribution in [0.5, 0.6) is 0 Å². The van der Waals surface area contributed by atoms with E-state index in [0.29, 0.717) is 18.8 Å². The molecule has 2 aliphatic heterocycles. The zero-order valence-electron chi connectivity index (χ0n) is 10.1. The Morgan fingerprint density at radius 1 is 1.18 bits per heavy atom. The summed E-state index contributed by atoms with van der Waals surface area (Å²) in [5, 5.41) is 0. The van der Waals surface area contributed by atoms with Gasteiger partial charge >= 0.3 is 0 Å². The van der Waals surface area contributed by atoms with Crippen molar-refractivity contribution in [3.8, 4) is 0 Å². The van der Waals surface area contributed by atoms with Gasteiger partial charge in [0.15, 0.2) is 0 Å². The molecule has 2 atom stereocenters. The molecule has 0 spiro atoms. The van der Waals surface area contributed by atoms with E-state index >= 15 is 0 Å². The van der Waals surface area contributed by atoms with Gasteiger partial charge in [-0.15, -0.1) is 0 Å². The van der Waals surface area contributed by atoms with Crippen LogP contribution in [0.15, 0.2) is 24.3 Å². The summed E-state index contributed by atoms with van der Waals surface area (Å²) in [6, 6.07) is 8.63. The molecule has 0 amide bonds. The molecule has 3 nitrogen and oxygen atoms in total. The summed E-state index contributed by atoms with van der Waals surface area (Å²) in [5.74, 6) is 0. The molecule has 0 aliphatic carbocycles. The topological polar surface area (TPSA) is 38.5 Å². The van der Waals surface area contributed by atoms with Gasteiger partial charge in [-0.05, 0) is 37.4 Å². The van der Waals surface area contributed by atoms with Gasteiger partial charge in [-0.25, -0.2) is 0 Å². The number of hydrogen-bond acceptors (Lipinski definition) is 3. The first kappa shape index (κ1) is 11.1. The van der Waals surface area contributed by atoms with Crippen molar-refractivity contribution in [2.75, 3.05) is 24.5 Å². The third-order valence-corrected chi connectivity index (χ3v) is 3.79. The van der Waals surface area contributed by atoms with Crippen LogP contribution < -0.4 is 10.6 Å². The number of fused-ring (bicyclic) bond motifs is 2. The van der Waals surface area contributed by atoms with Crippen LogP contribution in [0.1, 0.15) is 18.4 Å². The molecule has 2 N–H and O–H groups in total. The highest BCUT2D eigenvalue weighted by Gasteiger charge is 2.34. The molecule has 92 valence electrons. The first-order valence-electron chi connectivity index (χ1n) is 6.55. The SMILES string of the molecule is NCCc1ccccc1N1CC2CCC(C1)O2. The maximum absolute atomic E-state index is 5.88. The van der Waals surface area contributed by atoms with Gasteiger partial charge in [0.25, 0.3) is 0 Å². The molecule has 2 heterocycles. The van der Waals surface area contributed by atoms with Crippen molar-refractivity contribution < 1.29 is 4.74 Å². The Kier molecular flexibility index (Phi) is 3.04. The lowest BCUT2D eigenvalue weighted by molar-refractivity contribution is 0.0304. The van der Waals surface area contributed by atoms with E-state index in [1.54, 1.807) is 0 Å². The minimum absolute atomic E-state index is 0.444. The molecule has 0 saturated carbocycles. The third kappa shape index (κ3) is 2.17. The zero-order valence-corrected chi connectivity index (χ0v) is 10.1. The lowest BCUT2D eigenvalue weighted by Gasteiger charge is -2.35. The van der Waals surface area contributed by atoms with Crippen LogP contribution in [0, 0.1) is 0 Å². The molecule has 0 radical (unpaired) electrons. The van der Waals surface area contributed by atoms with Gasteiger partial charge in [0, 0.05) is 18.8 Å². The largest absolute Gasteiger partial charge is 0.371 e. The predicted octanol–water partition coefficient (Wildman–Crippen LogP) is 1.56. The fraction of sp³-hybridized carbons (Fsp3) is 0.571. The molecular weight excluding hydrogens is 212 g/mol. The summed E-state index contributed by atoms with van der Waals surface area (Å²) in [5.41, 5.74) is 8.41. The van der Waals surface area contributed by atoms with Crippen LogP contribution in [0.2, 0.25) is 0 Å². The minimum atomic E-state index is 0.444. The standard InChI is InChI=1S/C14H20N2O/c15-8-7-11-3-1-2-4-14(11)16-9-12-5-6-13(10-16)17-12/h1-4,12-13H,5-10,15H2. The number of rotatable bonds is 3. The van der Waals surface area contributed by atoms with Crippen molar-refractivity contribution in [3.05, 3.63) is 29.8 Å². The Morgan fingerprint density at radius 2 is 1.88 bits per heavy atom. The summed E-state index contributed by atoms with van der Waals surface area (Å²) in [4.78, 5) is 2.48. The number of hydrogen-bond donors (Lipinski definition) is 1. The second kappa shape index (κ2) is 4.67. The average molecular weight is 232 g/mol. The van der Waals surface area contributed by atoms with Gasteiger partial charge in [-0.2, -0.15) is 0 Å². The second-order valence-electron chi connectivity index (χ2n) is 5.03. The summed E-state index contributed by atoms with van der Waals surface area (Å²) < 4.78 is 5.88. The van der Waals surface area contributed by atoms with E-state index in [4.69, 9.17) is 10.5 Å². The summed E-state index contributed by atoms with van der Waals surface area (Å²) >= 11 is 0. The first-order valence-corrected chi connectivity index (χ1v) is 6.55. The Hall–Kier alpha value is -1.06. The van der Waals surface area contributed by atoms with Crippen molar-refractivity contribution in [2.45, 2.75) is 31.5 Å². The van der Waals surface area contributed by atoms with Crippen molar-refractivity contribution >= 4 is 5.69 Å². The molecule has 2 aliphatic rings. The Labute approximate surface area is 103 Å². The predicted molar refractivity (Wildman–Crippen MR) is 69.3 cm³/mol. The monoisotopic (exact) mass is 232 g/mol. The Bertz CT molecular complexity index is 382.